The molecule has 1 amide bonds. The van der Waals surface area contributed by atoms with E-state index in [0.29, 0.717) is 5.56 Å². The molecule has 0 saturated heterocycles. The van der Waals surface area contributed by atoms with Crippen molar-refractivity contribution in [1.82, 2.24) is 0 Å². The van der Waals surface area contributed by atoms with Crippen LogP contribution in [-0.4, -0.2) is 5.91 Å². The van der Waals surface area contributed by atoms with E-state index in [0.717, 1.165) is 27.6 Å². The number of anilines is 1. The van der Waals surface area contributed by atoms with E-state index in [1.54, 1.807) is 0 Å². The number of nitrogens with one attached hydrogen (secondary N) is 1. The number of benzene rings is 3. The Hall–Kier alpha value is -2.61. The number of rotatable bonds is 2. The van der Waals surface area contributed by atoms with Crippen LogP contribution in [0.2, 0.25) is 0 Å². The van der Waals surface area contributed by atoms with Gasteiger partial charge in [-0.2, -0.15) is 0 Å². The second-order valence-corrected chi connectivity index (χ2v) is 5.75. The van der Waals surface area contributed by atoms with Gasteiger partial charge in [-0.1, -0.05) is 54.1 Å². The number of fused-ring (bicyclic) bond motifs is 1. The number of carbonyl (C=O) groups is 1. The van der Waals surface area contributed by atoms with Gasteiger partial charge in [0.25, 0.3) is 5.91 Å². The standard InChI is InChI=1S/C20H19NO/c1-13-11-14(2)19(15(3)12-13)21-20(22)18-10-6-8-16-7-4-5-9-17(16)18/h4-12H,1-3H3,(H,21,22). The molecule has 0 spiro atoms. The molecule has 2 heteroatoms. The number of hydrogen-bond donors (Lipinski definition) is 1. The third-order valence-corrected chi connectivity index (χ3v) is 3.95. The summed E-state index contributed by atoms with van der Waals surface area (Å²) in [7, 11) is 0. The maximum atomic E-state index is 12.7. The lowest BCUT2D eigenvalue weighted by Gasteiger charge is -2.14. The molecule has 0 bridgehead atoms. The molecule has 0 radical (unpaired) electrons. The fourth-order valence-corrected chi connectivity index (χ4v) is 2.98. The van der Waals surface area contributed by atoms with Gasteiger partial charge in [-0.3, -0.25) is 4.79 Å². The fraction of sp³-hybridized carbons (Fsp3) is 0.150. The normalized spacial score (nSPS) is 10.7. The zero-order valence-corrected chi connectivity index (χ0v) is 13.1. The molecule has 0 aliphatic carbocycles. The van der Waals surface area contributed by atoms with Crippen molar-refractivity contribution in [3.63, 3.8) is 0 Å². The molecule has 0 aliphatic heterocycles. The SMILES string of the molecule is Cc1cc(C)c(NC(=O)c2cccc3ccccc23)c(C)c1. The molecule has 2 nitrogen and oxygen atoms in total. The van der Waals surface area contributed by atoms with E-state index in [9.17, 15) is 4.79 Å². The van der Waals surface area contributed by atoms with Crippen LogP contribution in [-0.2, 0) is 0 Å². The first-order chi connectivity index (χ1) is 10.6. The van der Waals surface area contributed by atoms with Crippen LogP contribution in [0.1, 0.15) is 27.0 Å². The lowest BCUT2D eigenvalue weighted by atomic mass is 10.0. The molecule has 0 fully saturated rings. The Balaban J connectivity index is 2.01. The summed E-state index contributed by atoms with van der Waals surface area (Å²) in [6, 6.07) is 17.9. The van der Waals surface area contributed by atoms with Crippen molar-refractivity contribution < 1.29 is 4.79 Å². The summed E-state index contributed by atoms with van der Waals surface area (Å²) in [6.45, 7) is 6.12. The van der Waals surface area contributed by atoms with Crippen LogP contribution in [0, 0.1) is 20.8 Å². The van der Waals surface area contributed by atoms with Crippen LogP contribution < -0.4 is 5.32 Å². The van der Waals surface area contributed by atoms with E-state index in [1.807, 2.05) is 56.3 Å². The molecule has 0 aliphatic rings. The summed E-state index contributed by atoms with van der Waals surface area (Å²) >= 11 is 0. The molecule has 0 saturated carbocycles. The molecule has 0 atom stereocenters. The van der Waals surface area contributed by atoms with Crippen LogP contribution in [0.15, 0.2) is 54.6 Å². The van der Waals surface area contributed by atoms with Crippen LogP contribution in [0.25, 0.3) is 10.8 Å². The molecule has 3 rings (SSSR count). The van der Waals surface area contributed by atoms with Gasteiger partial charge < -0.3 is 5.32 Å². The number of amides is 1. The summed E-state index contributed by atoms with van der Waals surface area (Å²) in [4.78, 5) is 12.7. The first kappa shape index (κ1) is 14.3. The highest BCUT2D eigenvalue weighted by Gasteiger charge is 2.12. The van der Waals surface area contributed by atoms with Crippen molar-refractivity contribution in [2.75, 3.05) is 5.32 Å². The molecule has 22 heavy (non-hydrogen) atoms. The average molecular weight is 289 g/mol. The second kappa shape index (κ2) is 5.64. The Kier molecular flexibility index (Phi) is 3.68. The zero-order valence-electron chi connectivity index (χ0n) is 13.1. The monoisotopic (exact) mass is 289 g/mol. The van der Waals surface area contributed by atoms with Gasteiger partial charge >= 0.3 is 0 Å². The third kappa shape index (κ3) is 2.60. The van der Waals surface area contributed by atoms with Gasteiger partial charge in [0.05, 0.1) is 0 Å². The quantitative estimate of drug-likeness (QED) is 0.705. The largest absolute Gasteiger partial charge is 0.321 e. The van der Waals surface area contributed by atoms with Crippen molar-refractivity contribution in [2.24, 2.45) is 0 Å². The van der Waals surface area contributed by atoms with Gasteiger partial charge in [0.15, 0.2) is 0 Å². The third-order valence-electron chi connectivity index (χ3n) is 3.95. The van der Waals surface area contributed by atoms with Crippen molar-refractivity contribution in [3.05, 3.63) is 76.9 Å². The first-order valence-electron chi connectivity index (χ1n) is 7.43. The van der Waals surface area contributed by atoms with Crippen molar-refractivity contribution in [2.45, 2.75) is 20.8 Å². The number of aryl methyl sites for hydroxylation is 3. The summed E-state index contributed by atoms with van der Waals surface area (Å²) in [5.41, 5.74) is 5.00. The topological polar surface area (TPSA) is 29.1 Å². The molecular formula is C20H19NO. The predicted molar refractivity (Wildman–Crippen MR) is 92.6 cm³/mol. The minimum absolute atomic E-state index is 0.0631. The minimum atomic E-state index is -0.0631. The summed E-state index contributed by atoms with van der Waals surface area (Å²) in [6.07, 6.45) is 0. The maximum Gasteiger partial charge on any atom is 0.256 e. The van der Waals surface area contributed by atoms with Gasteiger partial charge in [-0.15, -0.1) is 0 Å². The predicted octanol–water partition coefficient (Wildman–Crippen LogP) is 5.02. The Labute approximate surface area is 130 Å². The average Bonchev–Trinajstić information content (AvgIpc) is 2.50. The molecule has 3 aromatic carbocycles. The van der Waals surface area contributed by atoms with E-state index in [2.05, 4.69) is 24.4 Å². The van der Waals surface area contributed by atoms with Crippen molar-refractivity contribution in [1.29, 1.82) is 0 Å². The van der Waals surface area contributed by atoms with Gasteiger partial charge in [-0.05, 0) is 48.7 Å². The highest BCUT2D eigenvalue weighted by Crippen LogP contribution is 2.24. The van der Waals surface area contributed by atoms with Crippen LogP contribution in [0.3, 0.4) is 0 Å². The Morgan fingerprint density at radius 2 is 1.50 bits per heavy atom. The van der Waals surface area contributed by atoms with Crippen LogP contribution in [0.5, 0.6) is 0 Å². The Morgan fingerprint density at radius 3 is 2.23 bits per heavy atom. The second-order valence-electron chi connectivity index (χ2n) is 5.75. The zero-order chi connectivity index (χ0) is 15.7. The smallest absolute Gasteiger partial charge is 0.256 e. The van der Waals surface area contributed by atoms with Gasteiger partial charge in [-0.25, -0.2) is 0 Å². The summed E-state index contributed by atoms with van der Waals surface area (Å²) in [5, 5.41) is 5.13. The van der Waals surface area contributed by atoms with Gasteiger partial charge in [0.2, 0.25) is 0 Å². The molecule has 0 unspecified atom stereocenters. The molecule has 0 heterocycles. The Morgan fingerprint density at radius 1 is 0.864 bits per heavy atom. The van der Waals surface area contributed by atoms with E-state index in [-0.39, 0.29) is 5.91 Å². The van der Waals surface area contributed by atoms with Gasteiger partial charge in [0, 0.05) is 11.3 Å². The van der Waals surface area contributed by atoms with Gasteiger partial charge in [0.1, 0.15) is 0 Å². The fourth-order valence-electron chi connectivity index (χ4n) is 2.98. The molecule has 110 valence electrons. The molecule has 1 N–H and O–H groups in total. The van der Waals surface area contributed by atoms with E-state index in [1.165, 1.54) is 5.56 Å². The highest BCUT2D eigenvalue weighted by atomic mass is 16.1. The van der Waals surface area contributed by atoms with E-state index < -0.39 is 0 Å². The van der Waals surface area contributed by atoms with Crippen LogP contribution >= 0.6 is 0 Å². The molecular weight excluding hydrogens is 270 g/mol. The maximum absolute atomic E-state index is 12.7. The summed E-state index contributed by atoms with van der Waals surface area (Å²) in [5.74, 6) is -0.0631. The van der Waals surface area contributed by atoms with Crippen molar-refractivity contribution in [3.8, 4) is 0 Å². The molecule has 3 aromatic rings. The lowest BCUT2D eigenvalue weighted by molar-refractivity contribution is 0.102. The lowest BCUT2D eigenvalue weighted by Crippen LogP contribution is -2.14. The number of carbonyl (C=O) groups excluding carboxylic acids is 1. The minimum Gasteiger partial charge on any atom is -0.321 e. The molecule has 0 aromatic heterocycles. The van der Waals surface area contributed by atoms with Crippen molar-refractivity contribution >= 4 is 22.4 Å². The summed E-state index contributed by atoms with van der Waals surface area (Å²) < 4.78 is 0. The highest BCUT2D eigenvalue weighted by molar-refractivity contribution is 6.13. The Bertz CT molecular complexity index is 836. The van der Waals surface area contributed by atoms with E-state index in [4.69, 9.17) is 0 Å². The van der Waals surface area contributed by atoms with Crippen LogP contribution in [0.4, 0.5) is 5.69 Å². The first-order valence-corrected chi connectivity index (χ1v) is 7.43. The van der Waals surface area contributed by atoms with E-state index >= 15 is 0 Å². The number of hydrogen-bond acceptors (Lipinski definition) is 1.